The second kappa shape index (κ2) is 6.41. The first-order chi connectivity index (χ1) is 12.3. The first-order valence-electron chi connectivity index (χ1n) is 8.19. The van der Waals surface area contributed by atoms with Gasteiger partial charge in [-0.1, -0.05) is 12.1 Å². The van der Waals surface area contributed by atoms with E-state index in [2.05, 4.69) is 10.2 Å². The Labute approximate surface area is 148 Å². The van der Waals surface area contributed by atoms with Crippen LogP contribution in [0, 0.1) is 16.0 Å². The van der Waals surface area contributed by atoms with E-state index in [1.165, 1.54) is 25.1 Å². The van der Waals surface area contributed by atoms with Crippen molar-refractivity contribution in [2.75, 3.05) is 6.61 Å². The van der Waals surface area contributed by atoms with E-state index in [1.54, 1.807) is 13.0 Å². The van der Waals surface area contributed by atoms with Gasteiger partial charge in [-0.2, -0.15) is 0 Å². The molecule has 3 rings (SSSR count). The summed E-state index contributed by atoms with van der Waals surface area (Å²) in [4.78, 5) is 35.6. The second-order valence-electron chi connectivity index (χ2n) is 6.56. The molecule has 0 fully saturated rings. The molecule has 138 valence electrons. The third kappa shape index (κ3) is 2.90. The molecule has 0 aliphatic heterocycles. The van der Waals surface area contributed by atoms with Crippen LogP contribution in [0.4, 0.5) is 5.69 Å². The number of aromatic nitrogens is 2. The van der Waals surface area contributed by atoms with E-state index in [0.29, 0.717) is 11.3 Å². The number of hydrogen-bond donors (Lipinski definition) is 3. The largest absolute Gasteiger partial charge is 0.466 e. The first-order valence-corrected chi connectivity index (χ1v) is 8.19. The summed E-state index contributed by atoms with van der Waals surface area (Å²) in [5.41, 5.74) is -0.944. The molecular weight excluding hydrogens is 342 g/mol. The maximum atomic E-state index is 12.6. The number of hydrogen-bond acceptors (Lipinski definition) is 6. The van der Waals surface area contributed by atoms with Crippen molar-refractivity contribution in [3.63, 3.8) is 0 Å². The number of rotatable bonds is 4. The molecule has 0 saturated carbocycles. The topological polar surface area (TPSA) is 138 Å². The van der Waals surface area contributed by atoms with Crippen molar-refractivity contribution in [2.45, 2.75) is 31.8 Å². The lowest BCUT2D eigenvalue weighted by molar-refractivity contribution is -0.384. The summed E-state index contributed by atoms with van der Waals surface area (Å²) in [7, 11) is 0. The third-order valence-electron chi connectivity index (χ3n) is 4.73. The van der Waals surface area contributed by atoms with Gasteiger partial charge in [0.25, 0.3) is 11.2 Å². The quantitative estimate of drug-likeness (QED) is 0.425. The SMILES string of the molecule is CCOC(=O)[C@@H]1[C@H](c2cccc([N+](=O)[O-])c2)c2c([nH][nH]c2=O)C[C@]1(C)O. The summed E-state index contributed by atoms with van der Waals surface area (Å²) in [5, 5.41) is 27.3. The number of nitro groups is 1. The molecule has 26 heavy (non-hydrogen) atoms. The van der Waals surface area contributed by atoms with Crippen LogP contribution in [0.25, 0.3) is 0 Å². The van der Waals surface area contributed by atoms with Gasteiger partial charge in [0.05, 0.1) is 23.0 Å². The molecular formula is C17H19N3O6. The summed E-state index contributed by atoms with van der Waals surface area (Å²) in [6, 6.07) is 5.72. The molecule has 0 unspecified atom stereocenters. The van der Waals surface area contributed by atoms with Crippen molar-refractivity contribution in [3.05, 3.63) is 61.6 Å². The highest BCUT2D eigenvalue weighted by Gasteiger charge is 2.51. The van der Waals surface area contributed by atoms with Gasteiger partial charge >= 0.3 is 5.97 Å². The molecule has 9 heteroatoms. The molecule has 1 aromatic carbocycles. The Morgan fingerprint density at radius 1 is 1.46 bits per heavy atom. The summed E-state index contributed by atoms with van der Waals surface area (Å²) in [5.74, 6) is -2.60. The zero-order valence-electron chi connectivity index (χ0n) is 14.3. The highest BCUT2D eigenvalue weighted by atomic mass is 16.6. The zero-order chi connectivity index (χ0) is 19.1. The number of carbonyl (C=O) groups excluding carboxylic acids is 1. The van der Waals surface area contributed by atoms with Gasteiger partial charge in [-0.05, 0) is 19.4 Å². The third-order valence-corrected chi connectivity index (χ3v) is 4.73. The van der Waals surface area contributed by atoms with Crippen LogP contribution in [-0.4, -0.2) is 38.4 Å². The maximum Gasteiger partial charge on any atom is 0.312 e. The van der Waals surface area contributed by atoms with Crippen LogP contribution in [0.3, 0.4) is 0 Å². The zero-order valence-corrected chi connectivity index (χ0v) is 14.3. The molecule has 0 amide bonds. The van der Waals surface area contributed by atoms with E-state index < -0.39 is 33.9 Å². The van der Waals surface area contributed by atoms with E-state index in [1.807, 2.05) is 0 Å². The van der Waals surface area contributed by atoms with Gasteiger partial charge in [0.1, 0.15) is 0 Å². The molecule has 1 aromatic heterocycles. The standard InChI is InChI=1S/C17H19N3O6/c1-3-26-16(22)14-12(9-5-4-6-10(7-9)20(24)25)13-11(8-17(14,2)23)18-19-15(13)21/h4-7,12,14,23H,3,8H2,1-2H3,(H2,18,19,21)/t12-,14+,17+/m1/s1. The van der Waals surface area contributed by atoms with Crippen LogP contribution in [0.5, 0.6) is 0 Å². The summed E-state index contributed by atoms with van der Waals surface area (Å²) >= 11 is 0. The molecule has 3 N–H and O–H groups in total. The van der Waals surface area contributed by atoms with E-state index in [-0.39, 0.29) is 24.3 Å². The minimum absolute atomic E-state index is 0.0516. The van der Waals surface area contributed by atoms with Gasteiger partial charge < -0.3 is 14.9 Å². The van der Waals surface area contributed by atoms with E-state index in [4.69, 9.17) is 4.74 Å². The Kier molecular flexibility index (Phi) is 4.41. The Balaban J connectivity index is 2.23. The van der Waals surface area contributed by atoms with Gasteiger partial charge in [-0.15, -0.1) is 0 Å². The normalized spacial score (nSPS) is 24.7. The number of carbonyl (C=O) groups is 1. The predicted molar refractivity (Wildman–Crippen MR) is 90.8 cm³/mol. The number of aromatic amines is 2. The molecule has 0 saturated heterocycles. The first kappa shape index (κ1) is 17.9. The summed E-state index contributed by atoms with van der Waals surface area (Å²) in [6.45, 7) is 3.25. The van der Waals surface area contributed by atoms with Crippen LogP contribution in [-0.2, 0) is 16.0 Å². The number of ether oxygens (including phenoxy) is 1. The van der Waals surface area contributed by atoms with Gasteiger partial charge in [0, 0.05) is 35.7 Å². The molecule has 1 aliphatic carbocycles. The number of nitrogens with zero attached hydrogens (tertiary/aromatic N) is 1. The van der Waals surface area contributed by atoms with Crippen molar-refractivity contribution < 1.29 is 19.6 Å². The molecule has 0 bridgehead atoms. The minimum atomic E-state index is -1.50. The number of fused-ring (bicyclic) bond motifs is 1. The highest BCUT2D eigenvalue weighted by molar-refractivity contribution is 5.77. The molecule has 2 aromatic rings. The molecule has 1 heterocycles. The number of nitrogens with one attached hydrogen (secondary N) is 2. The lowest BCUT2D eigenvalue weighted by atomic mass is 9.66. The van der Waals surface area contributed by atoms with Crippen LogP contribution < -0.4 is 5.56 Å². The number of benzene rings is 1. The van der Waals surface area contributed by atoms with E-state index >= 15 is 0 Å². The molecule has 0 spiro atoms. The smallest absolute Gasteiger partial charge is 0.312 e. The van der Waals surface area contributed by atoms with E-state index in [0.717, 1.165) is 0 Å². The Hall–Kier alpha value is -2.94. The molecule has 3 atom stereocenters. The second-order valence-corrected chi connectivity index (χ2v) is 6.56. The fourth-order valence-electron chi connectivity index (χ4n) is 3.68. The van der Waals surface area contributed by atoms with Gasteiger partial charge in [-0.25, -0.2) is 0 Å². The van der Waals surface area contributed by atoms with Crippen LogP contribution in [0.1, 0.15) is 36.6 Å². The number of aliphatic hydroxyl groups is 1. The average molecular weight is 361 g/mol. The number of H-pyrrole nitrogens is 2. The Morgan fingerprint density at radius 3 is 2.85 bits per heavy atom. The molecule has 0 radical (unpaired) electrons. The van der Waals surface area contributed by atoms with Crippen molar-refractivity contribution >= 4 is 11.7 Å². The summed E-state index contributed by atoms with van der Waals surface area (Å²) < 4.78 is 5.12. The number of non-ortho nitro benzene ring substituents is 1. The van der Waals surface area contributed by atoms with Crippen LogP contribution in [0.15, 0.2) is 29.1 Å². The van der Waals surface area contributed by atoms with Gasteiger partial charge in [0.2, 0.25) is 0 Å². The van der Waals surface area contributed by atoms with Gasteiger partial charge in [-0.3, -0.25) is 24.8 Å². The monoisotopic (exact) mass is 361 g/mol. The summed E-state index contributed by atoms with van der Waals surface area (Å²) in [6.07, 6.45) is 0.0516. The van der Waals surface area contributed by atoms with Crippen molar-refractivity contribution in [2.24, 2.45) is 5.92 Å². The fraction of sp³-hybridized carbons (Fsp3) is 0.412. The maximum absolute atomic E-state index is 12.6. The minimum Gasteiger partial charge on any atom is -0.466 e. The predicted octanol–water partition coefficient (Wildman–Crippen LogP) is 1.23. The molecule has 9 nitrogen and oxygen atoms in total. The number of esters is 1. The Morgan fingerprint density at radius 2 is 2.19 bits per heavy atom. The van der Waals surface area contributed by atoms with Crippen molar-refractivity contribution in [1.29, 1.82) is 0 Å². The lowest BCUT2D eigenvalue weighted by Gasteiger charge is -2.40. The average Bonchev–Trinajstić information content (AvgIpc) is 2.93. The number of nitro benzene ring substituents is 1. The van der Waals surface area contributed by atoms with Crippen LogP contribution >= 0.6 is 0 Å². The fourth-order valence-corrected chi connectivity index (χ4v) is 3.68. The van der Waals surface area contributed by atoms with Crippen molar-refractivity contribution in [3.8, 4) is 0 Å². The van der Waals surface area contributed by atoms with Crippen molar-refractivity contribution in [1.82, 2.24) is 10.2 Å². The van der Waals surface area contributed by atoms with Gasteiger partial charge in [0.15, 0.2) is 0 Å². The lowest BCUT2D eigenvalue weighted by Crippen LogP contribution is -2.50. The Bertz CT molecular complexity index is 913. The highest BCUT2D eigenvalue weighted by Crippen LogP contribution is 2.44. The molecule has 1 aliphatic rings. The van der Waals surface area contributed by atoms with E-state index in [9.17, 15) is 24.8 Å². The van der Waals surface area contributed by atoms with Crippen LogP contribution in [0.2, 0.25) is 0 Å².